The van der Waals surface area contributed by atoms with Crippen LogP contribution in [0.4, 0.5) is 0 Å². The number of piperazine rings is 1. The van der Waals surface area contributed by atoms with Crippen LogP contribution < -0.4 is 10.1 Å². The molecule has 184 valence electrons. The van der Waals surface area contributed by atoms with E-state index in [1.807, 2.05) is 65.6 Å². The normalized spacial score (nSPS) is 14.1. The third kappa shape index (κ3) is 5.58. The molecule has 1 aliphatic heterocycles. The van der Waals surface area contributed by atoms with Gasteiger partial charge in [-0.15, -0.1) is 0 Å². The van der Waals surface area contributed by atoms with E-state index in [1.54, 1.807) is 12.1 Å². The fourth-order valence-electron chi connectivity index (χ4n) is 4.22. The van der Waals surface area contributed by atoms with Crippen LogP contribution in [0, 0.1) is 0 Å². The molecule has 0 radical (unpaired) electrons. The predicted molar refractivity (Wildman–Crippen MR) is 138 cm³/mol. The summed E-state index contributed by atoms with van der Waals surface area (Å²) in [6.07, 6.45) is 0. The van der Waals surface area contributed by atoms with Crippen LogP contribution in [0.1, 0.15) is 32.2 Å². The van der Waals surface area contributed by atoms with Crippen molar-refractivity contribution in [3.05, 3.63) is 102 Å². The Morgan fingerprint density at radius 3 is 2.42 bits per heavy atom. The van der Waals surface area contributed by atoms with E-state index in [0.29, 0.717) is 17.9 Å². The molecule has 1 aliphatic rings. The highest BCUT2D eigenvalue weighted by Crippen LogP contribution is 2.22. The van der Waals surface area contributed by atoms with Gasteiger partial charge in [0.15, 0.2) is 5.76 Å². The number of rotatable bonds is 7. The highest BCUT2D eigenvalue weighted by atomic mass is 16.5. The second-order valence-electron chi connectivity index (χ2n) is 9.04. The van der Waals surface area contributed by atoms with E-state index >= 15 is 0 Å². The average molecular weight is 484 g/mol. The first-order valence-corrected chi connectivity index (χ1v) is 12.1. The van der Waals surface area contributed by atoms with E-state index in [2.05, 4.69) is 23.3 Å². The maximum Gasteiger partial charge on any atom is 0.287 e. The molecular weight excluding hydrogens is 454 g/mol. The van der Waals surface area contributed by atoms with Gasteiger partial charge in [-0.3, -0.25) is 9.59 Å². The first-order valence-electron chi connectivity index (χ1n) is 12.1. The number of nitrogens with zero attached hydrogens (tertiary/aromatic N) is 2. The molecule has 0 bridgehead atoms. The number of benzene rings is 3. The number of nitrogens with one attached hydrogen (secondary N) is 1. The second-order valence-corrected chi connectivity index (χ2v) is 9.04. The number of carbonyl (C=O) groups is 2. The Bertz CT molecular complexity index is 1350. The lowest BCUT2D eigenvalue weighted by Gasteiger charge is -2.32. The Balaban J connectivity index is 1.11. The van der Waals surface area contributed by atoms with Gasteiger partial charge in [0.25, 0.3) is 11.8 Å². The fourth-order valence-corrected chi connectivity index (χ4v) is 4.22. The summed E-state index contributed by atoms with van der Waals surface area (Å²) >= 11 is 0. The standard InChI is InChI=1S/C29H29N3O4/c1-31-14-16-32(17-15-31)29(34)23-8-6-21(7-9-23)19-30-28(33)27-13-12-26(36-27)20-35-25-11-10-22-4-2-3-5-24(22)18-25/h2-13,18H,14-17,19-20H2,1H3,(H,30,33). The molecule has 36 heavy (non-hydrogen) atoms. The molecule has 3 aromatic carbocycles. The van der Waals surface area contributed by atoms with Gasteiger partial charge in [0.2, 0.25) is 0 Å². The minimum absolute atomic E-state index is 0.0488. The van der Waals surface area contributed by atoms with E-state index in [-0.39, 0.29) is 24.2 Å². The van der Waals surface area contributed by atoms with E-state index in [0.717, 1.165) is 48.3 Å². The van der Waals surface area contributed by atoms with Crippen LogP contribution in [0.25, 0.3) is 10.8 Å². The zero-order chi connectivity index (χ0) is 24.9. The minimum atomic E-state index is -0.301. The Hall–Kier alpha value is -4.10. The van der Waals surface area contributed by atoms with Crippen molar-refractivity contribution in [2.24, 2.45) is 0 Å². The van der Waals surface area contributed by atoms with Gasteiger partial charge in [0.05, 0.1) is 0 Å². The van der Waals surface area contributed by atoms with E-state index < -0.39 is 0 Å². The van der Waals surface area contributed by atoms with Crippen molar-refractivity contribution in [3.8, 4) is 5.75 Å². The van der Waals surface area contributed by atoms with Crippen molar-refractivity contribution in [2.75, 3.05) is 33.2 Å². The van der Waals surface area contributed by atoms with Gasteiger partial charge < -0.3 is 24.3 Å². The highest BCUT2D eigenvalue weighted by Gasteiger charge is 2.20. The molecule has 5 rings (SSSR count). The molecular formula is C29H29N3O4. The number of carbonyl (C=O) groups excluding carboxylic acids is 2. The van der Waals surface area contributed by atoms with Crippen LogP contribution in [-0.2, 0) is 13.2 Å². The van der Waals surface area contributed by atoms with E-state index in [1.165, 1.54) is 0 Å². The zero-order valence-corrected chi connectivity index (χ0v) is 20.3. The maximum absolute atomic E-state index is 12.7. The average Bonchev–Trinajstić information content (AvgIpc) is 3.40. The van der Waals surface area contributed by atoms with Crippen molar-refractivity contribution >= 4 is 22.6 Å². The Morgan fingerprint density at radius 1 is 0.889 bits per heavy atom. The van der Waals surface area contributed by atoms with Gasteiger partial charge >= 0.3 is 0 Å². The molecule has 0 spiro atoms. The fraction of sp³-hybridized carbons (Fsp3) is 0.241. The van der Waals surface area contributed by atoms with Crippen LogP contribution in [0.2, 0.25) is 0 Å². The lowest BCUT2D eigenvalue weighted by Crippen LogP contribution is -2.47. The molecule has 1 aromatic heterocycles. The first-order chi connectivity index (χ1) is 17.5. The summed E-state index contributed by atoms with van der Waals surface area (Å²) in [5, 5.41) is 5.12. The third-order valence-electron chi connectivity index (χ3n) is 6.43. The number of furan rings is 1. The van der Waals surface area contributed by atoms with Crippen molar-refractivity contribution in [1.82, 2.24) is 15.1 Å². The summed E-state index contributed by atoms with van der Waals surface area (Å²) in [5.41, 5.74) is 1.57. The molecule has 0 atom stereocenters. The molecule has 2 amide bonds. The van der Waals surface area contributed by atoms with Gasteiger partial charge in [-0.25, -0.2) is 0 Å². The summed E-state index contributed by atoms with van der Waals surface area (Å²) in [7, 11) is 2.06. The van der Waals surface area contributed by atoms with Gasteiger partial charge in [-0.1, -0.05) is 42.5 Å². The van der Waals surface area contributed by atoms with Crippen molar-refractivity contribution in [2.45, 2.75) is 13.2 Å². The second kappa shape index (κ2) is 10.7. The quantitative estimate of drug-likeness (QED) is 0.424. The van der Waals surface area contributed by atoms with E-state index in [4.69, 9.17) is 9.15 Å². The maximum atomic E-state index is 12.7. The molecule has 1 fully saturated rings. The lowest BCUT2D eigenvalue weighted by molar-refractivity contribution is 0.0664. The summed E-state index contributed by atoms with van der Waals surface area (Å²) < 4.78 is 11.5. The molecule has 2 heterocycles. The largest absolute Gasteiger partial charge is 0.486 e. The summed E-state index contributed by atoms with van der Waals surface area (Å²) in [5.74, 6) is 1.29. The van der Waals surface area contributed by atoms with Crippen LogP contribution in [0.3, 0.4) is 0 Å². The van der Waals surface area contributed by atoms with Gasteiger partial charge in [0, 0.05) is 38.3 Å². The number of ether oxygens (including phenoxy) is 1. The Morgan fingerprint density at radius 2 is 1.64 bits per heavy atom. The zero-order valence-electron chi connectivity index (χ0n) is 20.3. The van der Waals surface area contributed by atoms with Gasteiger partial charge in [-0.05, 0) is 59.8 Å². The summed E-state index contributed by atoms with van der Waals surface area (Å²) in [6.45, 7) is 3.83. The monoisotopic (exact) mass is 483 g/mol. The minimum Gasteiger partial charge on any atom is -0.486 e. The van der Waals surface area contributed by atoms with Crippen molar-refractivity contribution < 1.29 is 18.7 Å². The van der Waals surface area contributed by atoms with Gasteiger partial charge in [-0.2, -0.15) is 0 Å². The van der Waals surface area contributed by atoms with Crippen molar-refractivity contribution in [3.63, 3.8) is 0 Å². The molecule has 7 heteroatoms. The molecule has 0 aliphatic carbocycles. The third-order valence-corrected chi connectivity index (χ3v) is 6.43. The SMILES string of the molecule is CN1CCN(C(=O)c2ccc(CNC(=O)c3ccc(COc4ccc5ccccc5c4)o3)cc2)CC1. The van der Waals surface area contributed by atoms with Crippen LogP contribution in [0.15, 0.2) is 83.3 Å². The van der Waals surface area contributed by atoms with Gasteiger partial charge in [0.1, 0.15) is 18.1 Å². The number of hydrogen-bond donors (Lipinski definition) is 1. The molecule has 0 saturated carbocycles. The summed E-state index contributed by atoms with van der Waals surface area (Å²) in [4.78, 5) is 29.3. The Kier molecular flexibility index (Phi) is 7.00. The topological polar surface area (TPSA) is 75.0 Å². The molecule has 1 N–H and O–H groups in total. The van der Waals surface area contributed by atoms with Crippen LogP contribution in [0.5, 0.6) is 5.75 Å². The number of amides is 2. The smallest absolute Gasteiger partial charge is 0.287 e. The molecule has 1 saturated heterocycles. The number of hydrogen-bond acceptors (Lipinski definition) is 5. The number of likely N-dealkylation sites (N-methyl/N-ethyl adjacent to an activating group) is 1. The van der Waals surface area contributed by atoms with E-state index in [9.17, 15) is 9.59 Å². The molecule has 4 aromatic rings. The lowest BCUT2D eigenvalue weighted by atomic mass is 10.1. The predicted octanol–water partition coefficient (Wildman–Crippen LogP) is 4.33. The Labute approximate surface area is 210 Å². The number of fused-ring (bicyclic) bond motifs is 1. The highest BCUT2D eigenvalue weighted by molar-refractivity contribution is 5.94. The molecule has 7 nitrogen and oxygen atoms in total. The first kappa shape index (κ1) is 23.6. The van der Waals surface area contributed by atoms with Crippen LogP contribution in [-0.4, -0.2) is 54.8 Å². The van der Waals surface area contributed by atoms with Crippen LogP contribution >= 0.6 is 0 Å². The molecule has 0 unspecified atom stereocenters. The summed E-state index contributed by atoms with van der Waals surface area (Å²) in [6, 6.07) is 24.8. The van der Waals surface area contributed by atoms with Crippen molar-refractivity contribution in [1.29, 1.82) is 0 Å².